The molecule has 2 aromatic rings. The Hall–Kier alpha value is -1.61. The normalized spacial score (nSPS) is 10.0. The Bertz CT molecular complexity index is 551. The van der Waals surface area contributed by atoms with Gasteiger partial charge in [0.25, 0.3) is 5.91 Å². The highest BCUT2D eigenvalue weighted by molar-refractivity contribution is 9.10. The van der Waals surface area contributed by atoms with Gasteiger partial charge in [0, 0.05) is 15.7 Å². The van der Waals surface area contributed by atoms with Crippen LogP contribution in [0.25, 0.3) is 0 Å². The molecule has 0 aromatic heterocycles. The van der Waals surface area contributed by atoms with Crippen molar-refractivity contribution in [2.45, 2.75) is 6.92 Å². The number of carbonyl (C=O) groups is 1. The Morgan fingerprint density at radius 1 is 1.12 bits per heavy atom. The minimum Gasteiger partial charge on any atom is -0.322 e. The molecular weight excluding hydrogens is 278 g/mol. The third-order valence-electron chi connectivity index (χ3n) is 2.47. The fraction of sp³-hybridized carbons (Fsp3) is 0.0714. The highest BCUT2D eigenvalue weighted by Gasteiger charge is 2.08. The third-order valence-corrected chi connectivity index (χ3v) is 2.97. The molecule has 86 valence electrons. The third kappa shape index (κ3) is 2.94. The first-order chi connectivity index (χ1) is 8.16. The van der Waals surface area contributed by atoms with Crippen LogP contribution < -0.4 is 5.32 Å². The number of hydrogen-bond donors (Lipinski definition) is 1. The van der Waals surface area contributed by atoms with E-state index < -0.39 is 0 Å². The number of anilines is 1. The van der Waals surface area contributed by atoms with Gasteiger partial charge in [0.05, 0.1) is 0 Å². The van der Waals surface area contributed by atoms with E-state index in [0.29, 0.717) is 5.56 Å². The van der Waals surface area contributed by atoms with Crippen LogP contribution in [0.3, 0.4) is 0 Å². The van der Waals surface area contributed by atoms with Crippen molar-refractivity contribution in [3.63, 3.8) is 0 Å². The molecule has 1 amide bonds. The zero-order valence-corrected chi connectivity index (χ0v) is 11.0. The van der Waals surface area contributed by atoms with Crippen molar-refractivity contribution in [3.8, 4) is 0 Å². The second kappa shape index (κ2) is 5.15. The van der Waals surface area contributed by atoms with E-state index in [1.807, 2.05) is 55.5 Å². The molecule has 0 bridgehead atoms. The maximum absolute atomic E-state index is 12.0. The van der Waals surface area contributed by atoms with Gasteiger partial charge in [-0.05, 0) is 36.8 Å². The molecule has 2 aromatic carbocycles. The molecule has 3 heteroatoms. The Balaban J connectivity index is 2.20. The van der Waals surface area contributed by atoms with Gasteiger partial charge in [-0.1, -0.05) is 40.2 Å². The average molecular weight is 290 g/mol. The first-order valence-electron chi connectivity index (χ1n) is 5.29. The van der Waals surface area contributed by atoms with Gasteiger partial charge >= 0.3 is 0 Å². The topological polar surface area (TPSA) is 29.1 Å². The molecule has 0 radical (unpaired) electrons. The van der Waals surface area contributed by atoms with Crippen LogP contribution in [0.1, 0.15) is 15.9 Å². The fourth-order valence-corrected chi connectivity index (χ4v) is 1.99. The monoisotopic (exact) mass is 289 g/mol. The first kappa shape index (κ1) is 11.9. The molecule has 2 nitrogen and oxygen atoms in total. The van der Waals surface area contributed by atoms with Crippen molar-refractivity contribution < 1.29 is 4.79 Å². The summed E-state index contributed by atoms with van der Waals surface area (Å²) in [5, 5.41) is 2.87. The van der Waals surface area contributed by atoms with Gasteiger partial charge < -0.3 is 5.32 Å². The minimum absolute atomic E-state index is 0.0822. The average Bonchev–Trinajstić information content (AvgIpc) is 2.29. The zero-order valence-electron chi connectivity index (χ0n) is 9.41. The van der Waals surface area contributed by atoms with E-state index in [4.69, 9.17) is 0 Å². The highest BCUT2D eigenvalue weighted by atomic mass is 79.9. The number of halogens is 1. The van der Waals surface area contributed by atoms with Crippen LogP contribution in [0.4, 0.5) is 5.69 Å². The van der Waals surface area contributed by atoms with Crippen LogP contribution in [0, 0.1) is 6.92 Å². The summed E-state index contributed by atoms with van der Waals surface area (Å²) in [6, 6.07) is 15.1. The molecule has 0 saturated heterocycles. The Labute approximate surface area is 109 Å². The molecule has 0 heterocycles. The minimum atomic E-state index is -0.0822. The van der Waals surface area contributed by atoms with E-state index in [9.17, 15) is 4.79 Å². The number of nitrogens with one attached hydrogen (secondary N) is 1. The SMILES string of the molecule is Cc1ccccc1C(=O)Nc1cccc(Br)c1. The molecule has 0 atom stereocenters. The van der Waals surface area contributed by atoms with Crippen LogP contribution in [0.2, 0.25) is 0 Å². The van der Waals surface area contributed by atoms with Crippen LogP contribution >= 0.6 is 15.9 Å². The lowest BCUT2D eigenvalue weighted by Crippen LogP contribution is -2.13. The van der Waals surface area contributed by atoms with Crippen LogP contribution in [0.5, 0.6) is 0 Å². The lowest BCUT2D eigenvalue weighted by atomic mass is 10.1. The van der Waals surface area contributed by atoms with E-state index >= 15 is 0 Å². The second-order valence-corrected chi connectivity index (χ2v) is 4.70. The van der Waals surface area contributed by atoms with Crippen LogP contribution in [0.15, 0.2) is 53.0 Å². The maximum atomic E-state index is 12.0. The van der Waals surface area contributed by atoms with Crippen molar-refractivity contribution in [1.29, 1.82) is 0 Å². The molecule has 0 aliphatic carbocycles. The van der Waals surface area contributed by atoms with Crippen molar-refractivity contribution in [2.24, 2.45) is 0 Å². The van der Waals surface area contributed by atoms with Gasteiger partial charge in [-0.2, -0.15) is 0 Å². The maximum Gasteiger partial charge on any atom is 0.255 e. The first-order valence-corrected chi connectivity index (χ1v) is 6.08. The zero-order chi connectivity index (χ0) is 12.3. The molecule has 1 N–H and O–H groups in total. The number of amides is 1. The Morgan fingerprint density at radius 3 is 2.59 bits per heavy atom. The number of aryl methyl sites for hydroxylation is 1. The summed E-state index contributed by atoms with van der Waals surface area (Å²) in [7, 11) is 0. The summed E-state index contributed by atoms with van der Waals surface area (Å²) < 4.78 is 0.945. The predicted molar refractivity (Wildman–Crippen MR) is 73.3 cm³/mol. The molecule has 0 unspecified atom stereocenters. The summed E-state index contributed by atoms with van der Waals surface area (Å²) in [6.45, 7) is 1.93. The summed E-state index contributed by atoms with van der Waals surface area (Å²) in [6.07, 6.45) is 0. The number of benzene rings is 2. The van der Waals surface area contributed by atoms with E-state index in [1.165, 1.54) is 0 Å². The Morgan fingerprint density at radius 2 is 1.88 bits per heavy atom. The van der Waals surface area contributed by atoms with E-state index in [1.54, 1.807) is 0 Å². The molecule has 0 fully saturated rings. The quantitative estimate of drug-likeness (QED) is 0.889. The number of carbonyl (C=O) groups excluding carboxylic acids is 1. The molecule has 0 aliphatic rings. The standard InChI is InChI=1S/C14H12BrNO/c1-10-5-2-3-8-13(10)14(17)16-12-7-4-6-11(15)9-12/h2-9H,1H3,(H,16,17). The fourth-order valence-electron chi connectivity index (χ4n) is 1.59. The van der Waals surface area contributed by atoms with E-state index in [-0.39, 0.29) is 5.91 Å². The van der Waals surface area contributed by atoms with Gasteiger partial charge in [-0.25, -0.2) is 0 Å². The molecule has 2 rings (SSSR count). The number of rotatable bonds is 2. The summed E-state index contributed by atoms with van der Waals surface area (Å²) >= 11 is 3.37. The van der Waals surface area contributed by atoms with E-state index in [2.05, 4.69) is 21.2 Å². The van der Waals surface area contributed by atoms with Gasteiger partial charge in [-0.3, -0.25) is 4.79 Å². The van der Waals surface area contributed by atoms with Gasteiger partial charge in [0.15, 0.2) is 0 Å². The molecule has 17 heavy (non-hydrogen) atoms. The smallest absolute Gasteiger partial charge is 0.255 e. The van der Waals surface area contributed by atoms with Crippen molar-refractivity contribution in [1.82, 2.24) is 0 Å². The molecular formula is C14H12BrNO. The van der Waals surface area contributed by atoms with Gasteiger partial charge in [0.1, 0.15) is 0 Å². The van der Waals surface area contributed by atoms with Crippen molar-refractivity contribution in [3.05, 3.63) is 64.1 Å². The van der Waals surface area contributed by atoms with E-state index in [0.717, 1.165) is 15.7 Å². The lowest BCUT2D eigenvalue weighted by Gasteiger charge is -2.07. The lowest BCUT2D eigenvalue weighted by molar-refractivity contribution is 0.102. The molecule has 0 saturated carbocycles. The van der Waals surface area contributed by atoms with Gasteiger partial charge in [-0.15, -0.1) is 0 Å². The second-order valence-electron chi connectivity index (χ2n) is 3.78. The number of hydrogen-bond acceptors (Lipinski definition) is 1. The van der Waals surface area contributed by atoms with Crippen molar-refractivity contribution >= 4 is 27.5 Å². The van der Waals surface area contributed by atoms with Gasteiger partial charge in [0.2, 0.25) is 0 Å². The molecule has 0 aliphatic heterocycles. The van der Waals surface area contributed by atoms with Crippen LogP contribution in [-0.2, 0) is 0 Å². The summed E-state index contributed by atoms with van der Waals surface area (Å²) in [4.78, 5) is 12.0. The highest BCUT2D eigenvalue weighted by Crippen LogP contribution is 2.17. The predicted octanol–water partition coefficient (Wildman–Crippen LogP) is 4.01. The molecule has 0 spiro atoms. The summed E-state index contributed by atoms with van der Waals surface area (Å²) in [5.41, 5.74) is 2.46. The summed E-state index contributed by atoms with van der Waals surface area (Å²) in [5.74, 6) is -0.0822. The Kier molecular flexibility index (Phi) is 3.59. The largest absolute Gasteiger partial charge is 0.322 e. The van der Waals surface area contributed by atoms with Crippen LogP contribution in [-0.4, -0.2) is 5.91 Å². The van der Waals surface area contributed by atoms with Crippen molar-refractivity contribution in [2.75, 3.05) is 5.32 Å².